The van der Waals surface area contributed by atoms with Gasteiger partial charge >= 0.3 is 0 Å². The van der Waals surface area contributed by atoms with Gasteiger partial charge in [0, 0.05) is 5.56 Å². The lowest BCUT2D eigenvalue weighted by molar-refractivity contribution is 0.374. The van der Waals surface area contributed by atoms with E-state index in [2.05, 4.69) is 18.4 Å². The van der Waals surface area contributed by atoms with Crippen LogP contribution in [0.2, 0.25) is 0 Å². The lowest BCUT2D eigenvalue weighted by Gasteiger charge is -2.27. The van der Waals surface area contributed by atoms with E-state index in [1.54, 1.807) is 31.4 Å². The first-order valence-electron chi connectivity index (χ1n) is 8.88. The van der Waals surface area contributed by atoms with E-state index in [-0.39, 0.29) is 11.5 Å². The van der Waals surface area contributed by atoms with Crippen molar-refractivity contribution in [2.45, 2.75) is 31.6 Å². The first kappa shape index (κ1) is 18.2. The van der Waals surface area contributed by atoms with Crippen LogP contribution in [0.4, 0.5) is 8.78 Å². The van der Waals surface area contributed by atoms with Crippen molar-refractivity contribution >= 4 is 0 Å². The number of allylic oxidation sites excluding steroid dienone is 1. The molecule has 0 aliphatic heterocycles. The van der Waals surface area contributed by atoms with Crippen LogP contribution >= 0.6 is 0 Å². The summed E-state index contributed by atoms with van der Waals surface area (Å²) in [5.74, 6) is 5.70. The Morgan fingerprint density at radius 3 is 2.15 bits per heavy atom. The van der Waals surface area contributed by atoms with Gasteiger partial charge in [-0.3, -0.25) is 0 Å². The fourth-order valence-corrected chi connectivity index (χ4v) is 3.45. The molecule has 26 heavy (non-hydrogen) atoms. The lowest BCUT2D eigenvalue weighted by Crippen LogP contribution is -2.12. The molecular weight excluding hydrogens is 330 g/mol. The standard InChI is InChI=1S/C23H22F2O/c1-3-16-4-9-18(10-5-16)19-14-22(24)21(23(25)15-19)13-8-17-6-11-20(26-2)12-7-17/h3,6-7,11-12,14-16,18H,1,4-5,9-10H2,2H3. The maximum atomic E-state index is 14.5. The maximum Gasteiger partial charge on any atom is 0.142 e. The molecule has 0 heterocycles. The van der Waals surface area contributed by atoms with Gasteiger partial charge in [0.25, 0.3) is 0 Å². The van der Waals surface area contributed by atoms with Crippen LogP contribution in [-0.2, 0) is 0 Å². The maximum absolute atomic E-state index is 14.5. The molecule has 0 amide bonds. The Bertz CT molecular complexity index is 812. The molecule has 0 bridgehead atoms. The summed E-state index contributed by atoms with van der Waals surface area (Å²) in [7, 11) is 1.58. The van der Waals surface area contributed by atoms with Crippen LogP contribution in [-0.4, -0.2) is 7.11 Å². The van der Waals surface area contributed by atoms with Crippen molar-refractivity contribution in [3.8, 4) is 17.6 Å². The highest BCUT2D eigenvalue weighted by Crippen LogP contribution is 2.37. The van der Waals surface area contributed by atoms with Crippen molar-refractivity contribution < 1.29 is 13.5 Å². The summed E-state index contributed by atoms with van der Waals surface area (Å²) in [4.78, 5) is 0. The van der Waals surface area contributed by atoms with Crippen molar-refractivity contribution in [3.05, 3.63) is 77.4 Å². The van der Waals surface area contributed by atoms with Gasteiger partial charge in [0.05, 0.1) is 12.7 Å². The molecule has 0 aromatic heterocycles. The van der Waals surface area contributed by atoms with Gasteiger partial charge in [-0.1, -0.05) is 17.9 Å². The van der Waals surface area contributed by atoms with E-state index in [9.17, 15) is 8.78 Å². The monoisotopic (exact) mass is 352 g/mol. The van der Waals surface area contributed by atoms with Crippen molar-refractivity contribution in [2.24, 2.45) is 5.92 Å². The van der Waals surface area contributed by atoms with Crippen molar-refractivity contribution in [3.63, 3.8) is 0 Å². The summed E-state index contributed by atoms with van der Waals surface area (Å²) in [5.41, 5.74) is 1.23. The van der Waals surface area contributed by atoms with Crippen LogP contribution in [0, 0.1) is 29.4 Å². The highest BCUT2D eigenvalue weighted by Gasteiger charge is 2.22. The van der Waals surface area contributed by atoms with E-state index in [0.29, 0.717) is 17.2 Å². The van der Waals surface area contributed by atoms with Gasteiger partial charge in [-0.05, 0) is 79.5 Å². The van der Waals surface area contributed by atoms with Crippen LogP contribution in [0.25, 0.3) is 0 Å². The van der Waals surface area contributed by atoms with Crippen LogP contribution in [0.3, 0.4) is 0 Å². The minimum atomic E-state index is -0.591. The number of halogens is 2. The number of benzene rings is 2. The third kappa shape index (κ3) is 4.14. The first-order chi connectivity index (χ1) is 12.6. The van der Waals surface area contributed by atoms with E-state index >= 15 is 0 Å². The topological polar surface area (TPSA) is 9.23 Å². The summed E-state index contributed by atoms with van der Waals surface area (Å²) < 4.78 is 34.0. The first-order valence-corrected chi connectivity index (χ1v) is 8.88. The Labute approximate surface area is 153 Å². The average molecular weight is 352 g/mol. The fraction of sp³-hybridized carbons (Fsp3) is 0.304. The summed E-state index contributed by atoms with van der Waals surface area (Å²) in [5, 5.41) is 0. The zero-order valence-corrected chi connectivity index (χ0v) is 14.9. The van der Waals surface area contributed by atoms with Crippen LogP contribution in [0.1, 0.15) is 48.3 Å². The van der Waals surface area contributed by atoms with Gasteiger partial charge in [-0.15, -0.1) is 6.58 Å². The van der Waals surface area contributed by atoms with E-state index in [4.69, 9.17) is 4.74 Å². The fourth-order valence-electron chi connectivity index (χ4n) is 3.45. The molecule has 1 aliphatic rings. The molecule has 0 spiro atoms. The second-order valence-electron chi connectivity index (χ2n) is 6.69. The number of methoxy groups -OCH3 is 1. The number of hydrogen-bond donors (Lipinski definition) is 0. The molecule has 0 unspecified atom stereocenters. The molecule has 1 fully saturated rings. The predicted octanol–water partition coefficient (Wildman–Crippen LogP) is 5.83. The smallest absolute Gasteiger partial charge is 0.142 e. The molecule has 0 atom stereocenters. The quantitative estimate of drug-likeness (QED) is 0.499. The van der Waals surface area contributed by atoms with Crippen molar-refractivity contribution in [1.82, 2.24) is 0 Å². The molecule has 1 nitrogen and oxygen atoms in total. The van der Waals surface area contributed by atoms with Crippen LogP contribution in [0.5, 0.6) is 5.75 Å². The second kappa shape index (κ2) is 8.19. The van der Waals surface area contributed by atoms with Gasteiger partial charge < -0.3 is 4.74 Å². The van der Waals surface area contributed by atoms with E-state index in [1.807, 2.05) is 6.08 Å². The molecule has 1 aliphatic carbocycles. The minimum Gasteiger partial charge on any atom is -0.497 e. The summed E-state index contributed by atoms with van der Waals surface area (Å²) >= 11 is 0. The van der Waals surface area contributed by atoms with Crippen molar-refractivity contribution in [1.29, 1.82) is 0 Å². The average Bonchev–Trinajstić information content (AvgIpc) is 2.67. The number of hydrogen-bond acceptors (Lipinski definition) is 1. The van der Waals surface area contributed by atoms with Gasteiger partial charge in [0.2, 0.25) is 0 Å². The van der Waals surface area contributed by atoms with Gasteiger partial charge in [-0.2, -0.15) is 0 Å². The molecule has 3 heteroatoms. The molecule has 134 valence electrons. The van der Waals surface area contributed by atoms with E-state index in [0.717, 1.165) is 31.2 Å². The predicted molar refractivity (Wildman–Crippen MR) is 100 cm³/mol. The molecule has 1 saturated carbocycles. The number of rotatable bonds is 3. The summed E-state index contributed by atoms with van der Waals surface area (Å²) in [6, 6.07) is 9.93. The van der Waals surface area contributed by atoms with E-state index < -0.39 is 11.6 Å². The van der Waals surface area contributed by atoms with E-state index in [1.165, 1.54) is 12.1 Å². The van der Waals surface area contributed by atoms with Crippen molar-refractivity contribution in [2.75, 3.05) is 7.11 Å². The SMILES string of the molecule is C=CC1CCC(c2cc(F)c(C#Cc3ccc(OC)cc3)c(F)c2)CC1. The molecule has 2 aromatic carbocycles. The Morgan fingerprint density at radius 2 is 1.62 bits per heavy atom. The summed E-state index contributed by atoms with van der Waals surface area (Å²) in [6.07, 6.45) is 5.90. The third-order valence-corrected chi connectivity index (χ3v) is 5.06. The minimum absolute atomic E-state index is 0.177. The molecular formula is C23H22F2O. The highest BCUT2D eigenvalue weighted by atomic mass is 19.1. The van der Waals surface area contributed by atoms with Crippen LogP contribution < -0.4 is 4.74 Å². The Hall–Kier alpha value is -2.60. The highest BCUT2D eigenvalue weighted by molar-refractivity contribution is 5.46. The van der Waals surface area contributed by atoms with Gasteiger partial charge in [-0.25, -0.2) is 8.78 Å². The molecule has 0 N–H and O–H groups in total. The van der Waals surface area contributed by atoms with Crippen LogP contribution in [0.15, 0.2) is 49.1 Å². The van der Waals surface area contributed by atoms with Gasteiger partial charge in [0.1, 0.15) is 17.4 Å². The molecule has 0 radical (unpaired) electrons. The second-order valence-corrected chi connectivity index (χ2v) is 6.69. The molecule has 0 saturated heterocycles. The van der Waals surface area contributed by atoms with Gasteiger partial charge in [0.15, 0.2) is 0 Å². The zero-order valence-electron chi connectivity index (χ0n) is 14.9. The zero-order chi connectivity index (χ0) is 18.5. The Morgan fingerprint density at radius 1 is 1.00 bits per heavy atom. The Balaban J connectivity index is 1.79. The number of ether oxygens (including phenoxy) is 1. The molecule has 3 rings (SSSR count). The summed E-state index contributed by atoms with van der Waals surface area (Å²) in [6.45, 7) is 3.83. The Kier molecular flexibility index (Phi) is 5.73. The third-order valence-electron chi connectivity index (χ3n) is 5.06. The largest absolute Gasteiger partial charge is 0.497 e. The normalized spacial score (nSPS) is 19.3. The lowest BCUT2D eigenvalue weighted by atomic mass is 9.78. The molecule has 2 aromatic rings.